The van der Waals surface area contributed by atoms with Gasteiger partial charge in [-0.3, -0.25) is 10.1 Å². The molecule has 0 spiro atoms. The number of hydrogen-bond acceptors (Lipinski definition) is 2. The van der Waals surface area contributed by atoms with Gasteiger partial charge in [0.05, 0.1) is 0 Å². The van der Waals surface area contributed by atoms with Crippen LogP contribution in [0.1, 0.15) is 11.3 Å². The van der Waals surface area contributed by atoms with Crippen LogP contribution in [0.2, 0.25) is 0 Å². The van der Waals surface area contributed by atoms with E-state index in [0.717, 1.165) is 22.2 Å². The molecule has 3 amide bonds. The Labute approximate surface area is 109 Å². The van der Waals surface area contributed by atoms with Gasteiger partial charge in [-0.05, 0) is 19.1 Å². The van der Waals surface area contributed by atoms with Gasteiger partial charge in [0.15, 0.2) is 0 Å². The maximum atomic E-state index is 11.6. The second-order valence-electron chi connectivity index (χ2n) is 4.54. The molecule has 0 aliphatic carbocycles. The molecule has 5 heteroatoms. The Kier molecular flexibility index (Phi) is 2.41. The highest BCUT2D eigenvalue weighted by Gasteiger charge is 2.23. The standard InChI is InChI=1S/C14H13N3O2/c1-8-10(7-11-13(18)16-14(19)15-11)9-5-3-4-6-12(9)17(8)2/h3-7H,1-2H3,(H2,15,16,18,19)/b11-7+. The molecule has 0 bridgehead atoms. The van der Waals surface area contributed by atoms with Gasteiger partial charge < -0.3 is 9.88 Å². The first-order valence-corrected chi connectivity index (χ1v) is 5.96. The topological polar surface area (TPSA) is 63.1 Å². The van der Waals surface area contributed by atoms with E-state index in [0.29, 0.717) is 0 Å². The Morgan fingerprint density at radius 2 is 1.89 bits per heavy atom. The van der Waals surface area contributed by atoms with E-state index in [1.165, 1.54) is 0 Å². The molecular weight excluding hydrogens is 242 g/mol. The summed E-state index contributed by atoms with van der Waals surface area (Å²) in [6, 6.07) is 7.48. The summed E-state index contributed by atoms with van der Waals surface area (Å²) in [6.45, 7) is 1.99. The van der Waals surface area contributed by atoms with Crippen molar-refractivity contribution in [3.8, 4) is 0 Å². The summed E-state index contributed by atoms with van der Waals surface area (Å²) in [5, 5.41) is 5.76. The number of aryl methyl sites for hydroxylation is 1. The largest absolute Gasteiger partial charge is 0.347 e. The third kappa shape index (κ3) is 1.71. The summed E-state index contributed by atoms with van der Waals surface area (Å²) in [5.74, 6) is -0.391. The molecule has 3 rings (SSSR count). The van der Waals surface area contributed by atoms with Crippen LogP contribution in [0.15, 0.2) is 30.0 Å². The highest BCUT2D eigenvalue weighted by molar-refractivity contribution is 6.14. The molecule has 19 heavy (non-hydrogen) atoms. The lowest BCUT2D eigenvalue weighted by Crippen LogP contribution is -2.22. The fraction of sp³-hybridized carbons (Fsp3) is 0.143. The number of benzene rings is 1. The summed E-state index contributed by atoms with van der Waals surface area (Å²) >= 11 is 0. The number of nitrogens with one attached hydrogen (secondary N) is 2. The van der Waals surface area contributed by atoms with Crippen molar-refractivity contribution in [2.75, 3.05) is 0 Å². The molecule has 1 aliphatic rings. The van der Waals surface area contributed by atoms with Crippen LogP contribution >= 0.6 is 0 Å². The van der Waals surface area contributed by atoms with Crippen molar-refractivity contribution in [3.05, 3.63) is 41.2 Å². The lowest BCUT2D eigenvalue weighted by molar-refractivity contribution is -0.115. The molecule has 0 saturated carbocycles. The van der Waals surface area contributed by atoms with Gasteiger partial charge in [-0.15, -0.1) is 0 Å². The van der Waals surface area contributed by atoms with E-state index >= 15 is 0 Å². The second-order valence-corrected chi connectivity index (χ2v) is 4.54. The van der Waals surface area contributed by atoms with Crippen molar-refractivity contribution in [3.63, 3.8) is 0 Å². The highest BCUT2D eigenvalue weighted by atomic mass is 16.2. The fourth-order valence-electron chi connectivity index (χ4n) is 2.36. The number of urea groups is 1. The van der Waals surface area contributed by atoms with Gasteiger partial charge >= 0.3 is 6.03 Å². The first-order chi connectivity index (χ1) is 9.08. The highest BCUT2D eigenvalue weighted by Crippen LogP contribution is 2.26. The van der Waals surface area contributed by atoms with Gasteiger partial charge in [0.1, 0.15) is 5.70 Å². The van der Waals surface area contributed by atoms with E-state index in [-0.39, 0.29) is 5.70 Å². The average Bonchev–Trinajstić information content (AvgIpc) is 2.83. The molecule has 1 aromatic heterocycles. The van der Waals surface area contributed by atoms with E-state index in [9.17, 15) is 9.59 Å². The van der Waals surface area contributed by atoms with Crippen molar-refractivity contribution in [1.82, 2.24) is 15.2 Å². The number of carbonyl (C=O) groups is 2. The lowest BCUT2D eigenvalue weighted by Gasteiger charge is -1.98. The van der Waals surface area contributed by atoms with E-state index in [4.69, 9.17) is 0 Å². The van der Waals surface area contributed by atoms with Crippen LogP contribution in [0.4, 0.5) is 4.79 Å². The fourth-order valence-corrected chi connectivity index (χ4v) is 2.36. The number of imide groups is 1. The number of nitrogens with zero attached hydrogens (tertiary/aromatic N) is 1. The van der Waals surface area contributed by atoms with E-state index in [1.807, 2.05) is 38.2 Å². The van der Waals surface area contributed by atoms with Crippen LogP contribution in [0.5, 0.6) is 0 Å². The van der Waals surface area contributed by atoms with Crippen LogP contribution in [0, 0.1) is 6.92 Å². The molecule has 2 heterocycles. The molecule has 1 aromatic carbocycles. The average molecular weight is 255 g/mol. The van der Waals surface area contributed by atoms with Crippen molar-refractivity contribution >= 4 is 28.9 Å². The first kappa shape index (κ1) is 11.5. The number of rotatable bonds is 1. The van der Waals surface area contributed by atoms with Crippen molar-refractivity contribution in [1.29, 1.82) is 0 Å². The number of fused-ring (bicyclic) bond motifs is 1. The Morgan fingerprint density at radius 1 is 1.16 bits per heavy atom. The summed E-state index contributed by atoms with van der Waals surface area (Å²) in [4.78, 5) is 22.7. The molecule has 0 atom stereocenters. The number of aromatic nitrogens is 1. The van der Waals surface area contributed by atoms with Crippen LogP contribution in [0.25, 0.3) is 17.0 Å². The normalized spacial score (nSPS) is 17.1. The molecule has 5 nitrogen and oxygen atoms in total. The van der Waals surface area contributed by atoms with Crippen LogP contribution in [-0.4, -0.2) is 16.5 Å². The molecule has 1 saturated heterocycles. The molecule has 1 aliphatic heterocycles. The molecule has 2 aromatic rings. The van der Waals surface area contributed by atoms with Crippen molar-refractivity contribution in [2.45, 2.75) is 6.92 Å². The summed E-state index contributed by atoms with van der Waals surface area (Å²) < 4.78 is 2.07. The zero-order valence-electron chi connectivity index (χ0n) is 10.7. The Hall–Kier alpha value is -2.56. The minimum Gasteiger partial charge on any atom is -0.347 e. The number of para-hydroxylation sites is 1. The van der Waals surface area contributed by atoms with Crippen LogP contribution in [0.3, 0.4) is 0 Å². The number of hydrogen-bond donors (Lipinski definition) is 2. The lowest BCUT2D eigenvalue weighted by atomic mass is 10.1. The molecule has 96 valence electrons. The second kappa shape index (κ2) is 3.98. The SMILES string of the molecule is Cc1c(/C=C2/NC(=O)NC2=O)c2ccccc2n1C. The summed E-state index contributed by atoms with van der Waals surface area (Å²) in [5.41, 5.74) is 3.37. The van der Waals surface area contributed by atoms with Gasteiger partial charge in [-0.25, -0.2) is 4.79 Å². The van der Waals surface area contributed by atoms with Gasteiger partial charge in [0.25, 0.3) is 5.91 Å². The molecule has 2 N–H and O–H groups in total. The Morgan fingerprint density at radius 3 is 2.58 bits per heavy atom. The quantitative estimate of drug-likeness (QED) is 0.601. The zero-order chi connectivity index (χ0) is 13.6. The summed E-state index contributed by atoms with van der Waals surface area (Å²) in [7, 11) is 1.98. The van der Waals surface area contributed by atoms with Crippen LogP contribution in [-0.2, 0) is 11.8 Å². The van der Waals surface area contributed by atoms with Crippen LogP contribution < -0.4 is 10.6 Å². The van der Waals surface area contributed by atoms with Crippen molar-refractivity contribution < 1.29 is 9.59 Å². The van der Waals surface area contributed by atoms with E-state index in [2.05, 4.69) is 15.2 Å². The minimum atomic E-state index is -0.478. The van der Waals surface area contributed by atoms with Crippen molar-refractivity contribution in [2.24, 2.45) is 7.05 Å². The first-order valence-electron chi connectivity index (χ1n) is 5.96. The van der Waals surface area contributed by atoms with E-state index in [1.54, 1.807) is 6.08 Å². The maximum absolute atomic E-state index is 11.6. The van der Waals surface area contributed by atoms with E-state index < -0.39 is 11.9 Å². The van der Waals surface area contributed by atoms with Gasteiger partial charge in [-0.2, -0.15) is 0 Å². The molecular formula is C14H13N3O2. The Bertz CT molecular complexity index is 740. The monoisotopic (exact) mass is 255 g/mol. The number of carbonyl (C=O) groups excluding carboxylic acids is 2. The zero-order valence-corrected chi connectivity index (χ0v) is 10.7. The molecule has 0 unspecified atom stereocenters. The Balaban J connectivity index is 2.21. The third-order valence-electron chi connectivity index (χ3n) is 3.46. The smallest absolute Gasteiger partial charge is 0.326 e. The molecule has 0 radical (unpaired) electrons. The third-order valence-corrected chi connectivity index (χ3v) is 3.46. The predicted octanol–water partition coefficient (Wildman–Crippen LogP) is 1.67. The maximum Gasteiger partial charge on any atom is 0.326 e. The minimum absolute atomic E-state index is 0.282. The van der Waals surface area contributed by atoms with Gasteiger partial charge in [0, 0.05) is 29.2 Å². The predicted molar refractivity (Wildman–Crippen MR) is 72.3 cm³/mol. The summed E-state index contributed by atoms with van der Waals surface area (Å²) in [6.07, 6.45) is 1.72. The van der Waals surface area contributed by atoms with Gasteiger partial charge in [0.2, 0.25) is 0 Å². The molecule has 1 fully saturated rings. The number of amides is 3. The van der Waals surface area contributed by atoms with Gasteiger partial charge in [-0.1, -0.05) is 18.2 Å².